The summed E-state index contributed by atoms with van der Waals surface area (Å²) >= 11 is 1.17. The smallest absolute Gasteiger partial charge is 0.323 e. The molecule has 18 heavy (non-hydrogen) atoms. The minimum Gasteiger partial charge on any atom is -0.468 e. The van der Waals surface area contributed by atoms with Crippen LogP contribution in [0.5, 0.6) is 0 Å². The minimum absolute atomic E-state index is 0.0722. The molecule has 1 aliphatic carbocycles. The number of esters is 1. The van der Waals surface area contributed by atoms with Gasteiger partial charge in [0.1, 0.15) is 6.04 Å². The predicted octanol–water partition coefficient (Wildman–Crippen LogP) is -0.792. The summed E-state index contributed by atoms with van der Waals surface area (Å²) in [5, 5.41) is 4.83. The second-order valence-electron chi connectivity index (χ2n) is 3.94. The van der Waals surface area contributed by atoms with Crippen LogP contribution in [0.2, 0.25) is 0 Å². The number of nitrogens with two attached hydrogens (primary N) is 1. The molecule has 8 heteroatoms. The van der Waals surface area contributed by atoms with Crippen LogP contribution in [0.15, 0.2) is 0 Å². The Bertz CT molecular complexity index is 333. The highest BCUT2D eigenvalue weighted by Gasteiger charge is 2.23. The maximum atomic E-state index is 11.3. The molecule has 1 aliphatic rings. The number of amides is 3. The van der Waals surface area contributed by atoms with Gasteiger partial charge in [0.2, 0.25) is 5.91 Å². The van der Waals surface area contributed by atoms with E-state index >= 15 is 0 Å². The van der Waals surface area contributed by atoms with Crippen LogP contribution in [0.25, 0.3) is 0 Å². The number of urea groups is 1. The van der Waals surface area contributed by atoms with Crippen LogP contribution in [0.3, 0.4) is 0 Å². The number of thioether (sulfide) groups is 1. The summed E-state index contributed by atoms with van der Waals surface area (Å²) in [6, 6.07) is -1.02. The van der Waals surface area contributed by atoms with Crippen LogP contribution in [-0.2, 0) is 14.3 Å². The lowest BCUT2D eigenvalue weighted by atomic mass is 10.4. The highest BCUT2D eigenvalue weighted by atomic mass is 32.2. The number of hydrogen-bond donors (Lipinski definition) is 3. The van der Waals surface area contributed by atoms with Gasteiger partial charge in [0, 0.05) is 11.8 Å². The van der Waals surface area contributed by atoms with Gasteiger partial charge in [-0.2, -0.15) is 0 Å². The molecule has 102 valence electrons. The number of imide groups is 1. The first-order valence-electron chi connectivity index (χ1n) is 5.54. The SMILES string of the molecule is COC(=O)C(N)CSCC(=O)NC(=O)NC1CC1. The molecule has 0 aromatic heterocycles. The lowest BCUT2D eigenvalue weighted by Gasteiger charge is -2.08. The number of ether oxygens (including phenoxy) is 1. The third-order valence-electron chi connectivity index (χ3n) is 2.20. The first kappa shape index (κ1) is 14.8. The van der Waals surface area contributed by atoms with E-state index in [0.29, 0.717) is 0 Å². The van der Waals surface area contributed by atoms with Crippen molar-refractivity contribution in [3.05, 3.63) is 0 Å². The van der Waals surface area contributed by atoms with Crippen LogP contribution >= 0.6 is 11.8 Å². The highest BCUT2D eigenvalue weighted by molar-refractivity contribution is 8.00. The molecular weight excluding hydrogens is 258 g/mol. The summed E-state index contributed by atoms with van der Waals surface area (Å²) in [5.74, 6) is -0.586. The van der Waals surface area contributed by atoms with E-state index in [2.05, 4.69) is 15.4 Å². The summed E-state index contributed by atoms with van der Waals surface area (Å²) in [6.45, 7) is 0. The average Bonchev–Trinajstić information content (AvgIpc) is 3.11. The van der Waals surface area contributed by atoms with Crippen molar-refractivity contribution in [1.82, 2.24) is 10.6 Å². The molecule has 0 saturated heterocycles. The van der Waals surface area contributed by atoms with Gasteiger partial charge < -0.3 is 15.8 Å². The van der Waals surface area contributed by atoms with Gasteiger partial charge in [0.25, 0.3) is 0 Å². The molecule has 1 fully saturated rings. The zero-order valence-corrected chi connectivity index (χ0v) is 10.9. The van der Waals surface area contributed by atoms with E-state index in [1.54, 1.807) is 0 Å². The Labute approximate surface area is 109 Å². The van der Waals surface area contributed by atoms with Gasteiger partial charge in [-0.05, 0) is 12.8 Å². The predicted molar refractivity (Wildman–Crippen MR) is 67.0 cm³/mol. The molecule has 4 N–H and O–H groups in total. The molecule has 7 nitrogen and oxygen atoms in total. The Morgan fingerprint density at radius 2 is 2.11 bits per heavy atom. The second-order valence-corrected chi connectivity index (χ2v) is 4.97. The summed E-state index contributed by atoms with van der Waals surface area (Å²) in [4.78, 5) is 33.5. The monoisotopic (exact) mass is 275 g/mol. The normalized spacial score (nSPS) is 15.7. The van der Waals surface area contributed by atoms with E-state index < -0.39 is 23.9 Å². The number of nitrogens with one attached hydrogen (secondary N) is 2. The molecule has 0 aliphatic heterocycles. The number of hydrogen-bond acceptors (Lipinski definition) is 6. The van der Waals surface area contributed by atoms with Gasteiger partial charge in [0.15, 0.2) is 0 Å². The third-order valence-corrected chi connectivity index (χ3v) is 3.26. The van der Waals surface area contributed by atoms with E-state index in [1.807, 2.05) is 0 Å². The quantitative estimate of drug-likeness (QED) is 0.548. The Kier molecular flexibility index (Phi) is 5.93. The second kappa shape index (κ2) is 7.22. The lowest BCUT2D eigenvalue weighted by molar-refractivity contribution is -0.141. The van der Waals surface area contributed by atoms with Gasteiger partial charge in [-0.1, -0.05) is 0 Å². The van der Waals surface area contributed by atoms with Crippen LogP contribution in [-0.4, -0.2) is 48.6 Å². The lowest BCUT2D eigenvalue weighted by Crippen LogP contribution is -2.41. The zero-order chi connectivity index (χ0) is 13.5. The molecule has 1 atom stereocenters. The summed E-state index contributed by atoms with van der Waals surface area (Å²) in [5.41, 5.74) is 5.48. The average molecular weight is 275 g/mol. The standard InChI is InChI=1S/C10H17N3O4S/c1-17-9(15)7(11)4-18-5-8(14)13-10(16)12-6-2-3-6/h6-7H,2-5,11H2,1H3,(H2,12,13,14,16). The first-order chi connectivity index (χ1) is 8.52. The van der Waals surface area contributed by atoms with Crippen LogP contribution in [0.4, 0.5) is 4.79 Å². The molecule has 0 aromatic rings. The third kappa shape index (κ3) is 5.87. The first-order valence-corrected chi connectivity index (χ1v) is 6.70. The Balaban J connectivity index is 2.08. The Morgan fingerprint density at radius 3 is 2.67 bits per heavy atom. The highest BCUT2D eigenvalue weighted by Crippen LogP contribution is 2.18. The summed E-state index contributed by atoms with van der Waals surface area (Å²) in [6.07, 6.45) is 1.93. The van der Waals surface area contributed by atoms with Crippen molar-refractivity contribution in [3.63, 3.8) is 0 Å². The molecule has 0 bridgehead atoms. The topological polar surface area (TPSA) is 111 Å². The molecule has 0 aromatic carbocycles. The van der Waals surface area contributed by atoms with E-state index in [4.69, 9.17) is 5.73 Å². The molecule has 1 unspecified atom stereocenters. The Morgan fingerprint density at radius 1 is 1.44 bits per heavy atom. The molecule has 1 rings (SSSR count). The number of rotatable bonds is 6. The fourth-order valence-corrected chi connectivity index (χ4v) is 1.88. The number of carbonyl (C=O) groups is 3. The molecule has 3 amide bonds. The van der Waals surface area contributed by atoms with E-state index in [1.165, 1.54) is 18.9 Å². The van der Waals surface area contributed by atoms with Crippen LogP contribution < -0.4 is 16.4 Å². The molecule has 1 saturated carbocycles. The number of carbonyl (C=O) groups excluding carboxylic acids is 3. The maximum Gasteiger partial charge on any atom is 0.323 e. The van der Waals surface area contributed by atoms with Gasteiger partial charge in [-0.3, -0.25) is 14.9 Å². The van der Waals surface area contributed by atoms with Crippen molar-refractivity contribution in [2.75, 3.05) is 18.6 Å². The largest absolute Gasteiger partial charge is 0.468 e. The minimum atomic E-state index is -0.756. The molecule has 0 spiro atoms. The van der Waals surface area contributed by atoms with Crippen molar-refractivity contribution < 1.29 is 19.1 Å². The zero-order valence-electron chi connectivity index (χ0n) is 10.1. The van der Waals surface area contributed by atoms with E-state index in [-0.39, 0.29) is 17.5 Å². The van der Waals surface area contributed by atoms with Gasteiger partial charge in [-0.25, -0.2) is 4.79 Å². The van der Waals surface area contributed by atoms with Crippen molar-refractivity contribution in [2.24, 2.45) is 5.73 Å². The van der Waals surface area contributed by atoms with Crippen molar-refractivity contribution in [3.8, 4) is 0 Å². The van der Waals surface area contributed by atoms with Gasteiger partial charge in [-0.15, -0.1) is 11.8 Å². The van der Waals surface area contributed by atoms with Crippen molar-refractivity contribution >= 4 is 29.7 Å². The van der Waals surface area contributed by atoms with Crippen molar-refractivity contribution in [1.29, 1.82) is 0 Å². The van der Waals surface area contributed by atoms with Crippen LogP contribution in [0, 0.1) is 0 Å². The van der Waals surface area contributed by atoms with E-state index in [0.717, 1.165) is 12.8 Å². The molecule has 0 heterocycles. The molecular formula is C10H17N3O4S. The maximum absolute atomic E-state index is 11.3. The summed E-state index contributed by atoms with van der Waals surface area (Å²) < 4.78 is 4.44. The van der Waals surface area contributed by atoms with Crippen molar-refractivity contribution in [2.45, 2.75) is 24.9 Å². The van der Waals surface area contributed by atoms with Crippen LogP contribution in [0.1, 0.15) is 12.8 Å². The van der Waals surface area contributed by atoms with Gasteiger partial charge in [0.05, 0.1) is 12.9 Å². The van der Waals surface area contributed by atoms with E-state index in [9.17, 15) is 14.4 Å². The van der Waals surface area contributed by atoms with Gasteiger partial charge >= 0.3 is 12.0 Å². The Hall–Kier alpha value is -1.28. The number of methoxy groups -OCH3 is 1. The fraction of sp³-hybridized carbons (Fsp3) is 0.700. The fourth-order valence-electron chi connectivity index (χ4n) is 1.11. The summed E-state index contributed by atoms with van der Waals surface area (Å²) in [7, 11) is 1.25. The molecule has 0 radical (unpaired) electrons.